The second-order valence-corrected chi connectivity index (χ2v) is 6.20. The van der Waals surface area contributed by atoms with E-state index in [1.165, 1.54) is 6.07 Å². The van der Waals surface area contributed by atoms with Gasteiger partial charge in [0.2, 0.25) is 0 Å². The van der Waals surface area contributed by atoms with E-state index in [4.69, 9.17) is 5.11 Å². The van der Waals surface area contributed by atoms with Crippen LogP contribution in [0.5, 0.6) is 0 Å². The van der Waals surface area contributed by atoms with Crippen molar-refractivity contribution < 1.29 is 14.3 Å². The summed E-state index contributed by atoms with van der Waals surface area (Å²) in [4.78, 5) is 12.9. The molecule has 0 aromatic heterocycles. The summed E-state index contributed by atoms with van der Waals surface area (Å²) in [5.74, 6) is -0.958. The van der Waals surface area contributed by atoms with Crippen molar-refractivity contribution in [3.05, 3.63) is 34.1 Å². The van der Waals surface area contributed by atoms with Gasteiger partial charge in [0.1, 0.15) is 5.82 Å². The Morgan fingerprint density at radius 2 is 2.25 bits per heavy atom. The normalized spacial score (nSPS) is 20.0. The first kappa shape index (κ1) is 15.4. The van der Waals surface area contributed by atoms with Gasteiger partial charge < -0.3 is 5.11 Å². The SMILES string of the molecule is O=C(O)CCC1CCCCN1Cc1cc(Br)ccc1F. The van der Waals surface area contributed by atoms with Gasteiger partial charge in [-0.1, -0.05) is 22.4 Å². The molecule has 5 heteroatoms. The quantitative estimate of drug-likeness (QED) is 0.883. The lowest BCUT2D eigenvalue weighted by atomic mass is 9.97. The first-order valence-corrected chi connectivity index (χ1v) is 7.75. The number of carboxylic acids is 1. The van der Waals surface area contributed by atoms with Crippen molar-refractivity contribution >= 4 is 21.9 Å². The molecule has 1 heterocycles. The predicted molar refractivity (Wildman–Crippen MR) is 79.0 cm³/mol. The summed E-state index contributed by atoms with van der Waals surface area (Å²) < 4.78 is 14.7. The number of halogens is 2. The third-order valence-corrected chi connectivity index (χ3v) is 4.31. The number of nitrogens with zero attached hydrogens (tertiary/aromatic N) is 1. The first-order valence-electron chi connectivity index (χ1n) is 6.96. The molecule has 1 N–H and O–H groups in total. The molecule has 0 saturated carbocycles. The number of likely N-dealkylation sites (tertiary alicyclic amines) is 1. The minimum Gasteiger partial charge on any atom is -0.481 e. The highest BCUT2D eigenvalue weighted by molar-refractivity contribution is 9.10. The van der Waals surface area contributed by atoms with E-state index >= 15 is 0 Å². The minimum absolute atomic E-state index is 0.183. The van der Waals surface area contributed by atoms with Crippen molar-refractivity contribution in [2.45, 2.75) is 44.7 Å². The molecule has 0 spiro atoms. The molecular weight excluding hydrogens is 325 g/mol. The van der Waals surface area contributed by atoms with Crippen molar-refractivity contribution in [1.82, 2.24) is 4.90 Å². The van der Waals surface area contributed by atoms with E-state index in [-0.39, 0.29) is 18.3 Å². The van der Waals surface area contributed by atoms with Crippen LogP contribution in [-0.2, 0) is 11.3 Å². The molecule has 0 aliphatic carbocycles. The van der Waals surface area contributed by atoms with Crippen molar-refractivity contribution in [3.8, 4) is 0 Å². The van der Waals surface area contributed by atoms with Crippen LogP contribution in [-0.4, -0.2) is 28.6 Å². The lowest BCUT2D eigenvalue weighted by molar-refractivity contribution is -0.137. The zero-order valence-electron chi connectivity index (χ0n) is 11.3. The molecule has 0 bridgehead atoms. The molecule has 3 nitrogen and oxygen atoms in total. The molecule has 2 rings (SSSR count). The Kier molecular flexibility index (Phi) is 5.54. The van der Waals surface area contributed by atoms with Gasteiger partial charge in [-0.2, -0.15) is 0 Å². The molecule has 1 unspecified atom stereocenters. The van der Waals surface area contributed by atoms with E-state index in [2.05, 4.69) is 20.8 Å². The summed E-state index contributed by atoms with van der Waals surface area (Å²) in [5, 5.41) is 8.82. The molecule has 0 amide bonds. The van der Waals surface area contributed by atoms with Gasteiger partial charge in [0, 0.05) is 29.0 Å². The fourth-order valence-corrected chi connectivity index (χ4v) is 3.18. The van der Waals surface area contributed by atoms with Crippen LogP contribution in [0.3, 0.4) is 0 Å². The summed E-state index contributed by atoms with van der Waals surface area (Å²) in [5.41, 5.74) is 0.668. The van der Waals surface area contributed by atoms with Crippen molar-refractivity contribution in [1.29, 1.82) is 0 Å². The zero-order chi connectivity index (χ0) is 14.5. The van der Waals surface area contributed by atoms with Crippen LogP contribution >= 0.6 is 15.9 Å². The van der Waals surface area contributed by atoms with E-state index in [9.17, 15) is 9.18 Å². The fraction of sp³-hybridized carbons (Fsp3) is 0.533. The fourth-order valence-electron chi connectivity index (χ4n) is 2.77. The molecule has 1 fully saturated rings. The van der Waals surface area contributed by atoms with Crippen LogP contribution in [0, 0.1) is 5.82 Å². The number of benzene rings is 1. The molecule has 1 atom stereocenters. The van der Waals surface area contributed by atoms with Gasteiger partial charge in [-0.05, 0) is 44.0 Å². The van der Waals surface area contributed by atoms with Crippen molar-refractivity contribution in [3.63, 3.8) is 0 Å². The topological polar surface area (TPSA) is 40.5 Å². The summed E-state index contributed by atoms with van der Waals surface area (Å²) >= 11 is 3.36. The lowest BCUT2D eigenvalue weighted by Crippen LogP contribution is -2.39. The largest absolute Gasteiger partial charge is 0.481 e. The van der Waals surface area contributed by atoms with E-state index in [1.807, 2.05) is 0 Å². The van der Waals surface area contributed by atoms with E-state index in [0.29, 0.717) is 18.5 Å². The predicted octanol–water partition coefficient (Wildman–Crippen LogP) is 3.81. The maximum atomic E-state index is 13.8. The maximum absolute atomic E-state index is 13.8. The van der Waals surface area contributed by atoms with Gasteiger partial charge in [-0.25, -0.2) is 4.39 Å². The number of carboxylic acid groups (broad SMARTS) is 1. The highest BCUT2D eigenvalue weighted by atomic mass is 79.9. The third-order valence-electron chi connectivity index (χ3n) is 3.82. The van der Waals surface area contributed by atoms with Crippen LogP contribution in [0.1, 0.15) is 37.7 Å². The van der Waals surface area contributed by atoms with E-state index in [1.54, 1.807) is 12.1 Å². The summed E-state index contributed by atoms with van der Waals surface area (Å²) in [6.45, 7) is 1.46. The highest BCUT2D eigenvalue weighted by Gasteiger charge is 2.23. The highest BCUT2D eigenvalue weighted by Crippen LogP contribution is 2.25. The van der Waals surface area contributed by atoms with Crippen molar-refractivity contribution in [2.75, 3.05) is 6.54 Å². The smallest absolute Gasteiger partial charge is 0.303 e. The van der Waals surface area contributed by atoms with Crippen LogP contribution in [0.15, 0.2) is 22.7 Å². The average molecular weight is 344 g/mol. The molecule has 1 saturated heterocycles. The van der Waals surface area contributed by atoms with Crippen molar-refractivity contribution in [2.24, 2.45) is 0 Å². The maximum Gasteiger partial charge on any atom is 0.303 e. The van der Waals surface area contributed by atoms with Crippen LogP contribution in [0.25, 0.3) is 0 Å². The summed E-state index contributed by atoms with van der Waals surface area (Å²) in [6.07, 6.45) is 4.05. The third kappa shape index (κ3) is 4.28. The Morgan fingerprint density at radius 3 is 3.00 bits per heavy atom. The number of aliphatic carboxylic acids is 1. The molecule has 0 radical (unpaired) electrons. The van der Waals surface area contributed by atoms with Gasteiger partial charge in [-0.3, -0.25) is 9.69 Å². The minimum atomic E-state index is -0.760. The molecule has 20 heavy (non-hydrogen) atoms. The average Bonchev–Trinajstić information content (AvgIpc) is 2.42. The van der Waals surface area contributed by atoms with Gasteiger partial charge in [0.25, 0.3) is 0 Å². The Morgan fingerprint density at radius 1 is 1.45 bits per heavy atom. The molecular formula is C15H19BrFNO2. The lowest BCUT2D eigenvalue weighted by Gasteiger charge is -2.35. The standard InChI is InChI=1S/C15H19BrFNO2/c16-12-4-6-14(17)11(9-12)10-18-8-2-1-3-13(18)5-7-15(19)20/h4,6,9,13H,1-3,5,7-8,10H2,(H,19,20). The first-order chi connectivity index (χ1) is 9.56. The molecule has 1 aliphatic heterocycles. The zero-order valence-corrected chi connectivity index (χ0v) is 12.9. The number of carbonyl (C=O) groups is 1. The second kappa shape index (κ2) is 7.18. The summed E-state index contributed by atoms with van der Waals surface area (Å²) in [7, 11) is 0. The molecule has 1 aromatic carbocycles. The van der Waals surface area contributed by atoms with Crippen LogP contribution in [0.2, 0.25) is 0 Å². The number of hydrogen-bond donors (Lipinski definition) is 1. The Balaban J connectivity index is 2.04. The number of rotatable bonds is 5. The van der Waals surface area contributed by atoms with Gasteiger partial charge in [-0.15, -0.1) is 0 Å². The number of piperidine rings is 1. The Hall–Kier alpha value is -0.940. The Bertz CT molecular complexity index is 481. The van der Waals surface area contributed by atoms with Crippen LogP contribution < -0.4 is 0 Å². The van der Waals surface area contributed by atoms with Gasteiger partial charge in [0.05, 0.1) is 0 Å². The summed E-state index contributed by atoms with van der Waals surface area (Å²) in [6, 6.07) is 5.21. The van der Waals surface area contributed by atoms with E-state index in [0.717, 1.165) is 30.3 Å². The monoisotopic (exact) mass is 343 g/mol. The van der Waals surface area contributed by atoms with E-state index < -0.39 is 5.97 Å². The molecule has 110 valence electrons. The molecule has 1 aliphatic rings. The van der Waals surface area contributed by atoms with Gasteiger partial charge >= 0.3 is 5.97 Å². The second-order valence-electron chi connectivity index (χ2n) is 5.29. The Labute approximate surface area is 126 Å². The molecule has 1 aromatic rings. The van der Waals surface area contributed by atoms with Crippen LogP contribution in [0.4, 0.5) is 4.39 Å². The number of hydrogen-bond acceptors (Lipinski definition) is 2. The van der Waals surface area contributed by atoms with Gasteiger partial charge in [0.15, 0.2) is 0 Å².